The van der Waals surface area contributed by atoms with Crippen LogP contribution in [0.4, 0.5) is 5.69 Å². The number of rotatable bonds is 3. The quantitative estimate of drug-likeness (QED) is 0.373. The molecule has 6 rings (SSSR count). The summed E-state index contributed by atoms with van der Waals surface area (Å²) in [6, 6.07) is 35.4. The number of benzene rings is 4. The van der Waals surface area contributed by atoms with Gasteiger partial charge in [-0.3, -0.25) is 0 Å². The second kappa shape index (κ2) is 7.27. The molecule has 0 fully saturated rings. The van der Waals surface area contributed by atoms with Gasteiger partial charge in [0.15, 0.2) is 0 Å². The SMILES string of the molecule is Cc1cc2c(cc1C)C1(CO2)CN(C(c2ccccc2)c2ccccc2)c2ccccc21. The Morgan fingerprint density at radius 3 is 2.00 bits per heavy atom. The molecule has 2 heterocycles. The van der Waals surface area contributed by atoms with Crippen LogP contribution in [-0.2, 0) is 5.41 Å². The Morgan fingerprint density at radius 1 is 0.719 bits per heavy atom. The van der Waals surface area contributed by atoms with Crippen molar-refractivity contribution in [2.24, 2.45) is 0 Å². The predicted octanol–water partition coefficient (Wildman–Crippen LogP) is 6.59. The van der Waals surface area contributed by atoms with Gasteiger partial charge in [0.25, 0.3) is 0 Å². The highest BCUT2D eigenvalue weighted by Crippen LogP contribution is 2.54. The van der Waals surface area contributed by atoms with Crippen LogP contribution in [0.25, 0.3) is 0 Å². The fraction of sp³-hybridized carbons (Fsp3) is 0.200. The number of ether oxygens (including phenoxy) is 1. The van der Waals surface area contributed by atoms with E-state index in [1.807, 2.05) is 0 Å². The minimum Gasteiger partial charge on any atom is -0.492 e. The Hall–Kier alpha value is -3.52. The van der Waals surface area contributed by atoms with E-state index in [0.29, 0.717) is 6.61 Å². The second-order valence-corrected chi connectivity index (χ2v) is 9.17. The van der Waals surface area contributed by atoms with Crippen molar-refractivity contribution in [1.29, 1.82) is 0 Å². The summed E-state index contributed by atoms with van der Waals surface area (Å²) in [5.41, 5.74) is 9.10. The maximum absolute atomic E-state index is 6.34. The summed E-state index contributed by atoms with van der Waals surface area (Å²) >= 11 is 0. The molecule has 0 aromatic heterocycles. The van der Waals surface area contributed by atoms with Gasteiger partial charge in [0.05, 0.1) is 11.5 Å². The molecule has 0 amide bonds. The first-order valence-corrected chi connectivity index (χ1v) is 11.4. The zero-order valence-corrected chi connectivity index (χ0v) is 18.6. The molecule has 2 nitrogen and oxygen atoms in total. The van der Waals surface area contributed by atoms with E-state index < -0.39 is 0 Å². The molecular weight excluding hydrogens is 390 g/mol. The Labute approximate surface area is 190 Å². The average Bonchev–Trinajstić information content (AvgIpc) is 3.35. The van der Waals surface area contributed by atoms with Gasteiger partial charge in [0, 0.05) is 17.8 Å². The van der Waals surface area contributed by atoms with E-state index in [2.05, 4.69) is 116 Å². The van der Waals surface area contributed by atoms with Crippen LogP contribution in [0.5, 0.6) is 5.75 Å². The smallest absolute Gasteiger partial charge is 0.123 e. The Bertz CT molecular complexity index is 1240. The van der Waals surface area contributed by atoms with Crippen LogP contribution in [0.2, 0.25) is 0 Å². The molecule has 0 saturated heterocycles. The molecule has 0 aliphatic carbocycles. The van der Waals surface area contributed by atoms with Gasteiger partial charge in [-0.1, -0.05) is 84.9 Å². The predicted molar refractivity (Wildman–Crippen MR) is 131 cm³/mol. The Kier molecular flexibility index (Phi) is 4.36. The van der Waals surface area contributed by atoms with E-state index >= 15 is 0 Å². The summed E-state index contributed by atoms with van der Waals surface area (Å²) in [6.45, 7) is 5.96. The minimum atomic E-state index is -0.147. The normalized spacial score (nSPS) is 18.7. The van der Waals surface area contributed by atoms with Crippen LogP contribution in [0.1, 0.15) is 39.4 Å². The molecule has 4 aromatic rings. The first kappa shape index (κ1) is 19.2. The molecule has 2 aliphatic heterocycles. The van der Waals surface area contributed by atoms with Gasteiger partial charge < -0.3 is 9.64 Å². The molecule has 0 radical (unpaired) electrons. The lowest BCUT2D eigenvalue weighted by Gasteiger charge is -2.33. The van der Waals surface area contributed by atoms with Crippen molar-refractivity contribution in [1.82, 2.24) is 0 Å². The fourth-order valence-electron chi connectivity index (χ4n) is 5.56. The first-order chi connectivity index (χ1) is 15.7. The van der Waals surface area contributed by atoms with E-state index in [1.165, 1.54) is 39.1 Å². The van der Waals surface area contributed by atoms with Crippen molar-refractivity contribution in [2.75, 3.05) is 18.1 Å². The standard InChI is InChI=1S/C30H27NO/c1-21-17-26-28(18-22(21)2)32-20-30(26)19-31(27-16-10-9-15-25(27)30)29(23-11-5-3-6-12-23)24-13-7-4-8-14-24/h3-18,29H,19-20H2,1-2H3. The number of nitrogens with zero attached hydrogens (tertiary/aromatic N) is 1. The zero-order valence-electron chi connectivity index (χ0n) is 18.6. The summed E-state index contributed by atoms with van der Waals surface area (Å²) in [7, 11) is 0. The lowest BCUT2D eigenvalue weighted by molar-refractivity contribution is 0.298. The van der Waals surface area contributed by atoms with Crippen LogP contribution in [0.15, 0.2) is 97.1 Å². The maximum Gasteiger partial charge on any atom is 0.123 e. The van der Waals surface area contributed by atoms with Crippen LogP contribution < -0.4 is 9.64 Å². The highest BCUT2D eigenvalue weighted by molar-refractivity contribution is 5.71. The molecule has 32 heavy (non-hydrogen) atoms. The van der Waals surface area contributed by atoms with Crippen molar-refractivity contribution in [3.8, 4) is 5.75 Å². The lowest BCUT2D eigenvalue weighted by Crippen LogP contribution is -2.38. The van der Waals surface area contributed by atoms with Crippen LogP contribution >= 0.6 is 0 Å². The number of hydrogen-bond acceptors (Lipinski definition) is 2. The Balaban J connectivity index is 1.55. The van der Waals surface area contributed by atoms with Crippen molar-refractivity contribution in [2.45, 2.75) is 25.3 Å². The van der Waals surface area contributed by atoms with Gasteiger partial charge in [-0.05, 0) is 53.8 Å². The van der Waals surface area contributed by atoms with Gasteiger partial charge in [-0.2, -0.15) is 0 Å². The van der Waals surface area contributed by atoms with Gasteiger partial charge in [0.2, 0.25) is 0 Å². The molecule has 1 unspecified atom stereocenters. The minimum absolute atomic E-state index is 0.147. The molecular formula is C30H27NO. The molecule has 0 bridgehead atoms. The van der Waals surface area contributed by atoms with E-state index in [9.17, 15) is 0 Å². The van der Waals surface area contributed by atoms with Gasteiger partial charge >= 0.3 is 0 Å². The average molecular weight is 418 g/mol. The van der Waals surface area contributed by atoms with Crippen LogP contribution in [0, 0.1) is 13.8 Å². The molecule has 1 spiro atoms. The van der Waals surface area contributed by atoms with Gasteiger partial charge in [-0.25, -0.2) is 0 Å². The van der Waals surface area contributed by atoms with E-state index in [1.54, 1.807) is 0 Å². The van der Waals surface area contributed by atoms with E-state index in [-0.39, 0.29) is 11.5 Å². The van der Waals surface area contributed by atoms with Crippen LogP contribution in [0.3, 0.4) is 0 Å². The summed E-state index contributed by atoms with van der Waals surface area (Å²) in [6.07, 6.45) is 0. The summed E-state index contributed by atoms with van der Waals surface area (Å²) in [5.74, 6) is 1.04. The molecule has 0 saturated carbocycles. The van der Waals surface area contributed by atoms with Crippen LogP contribution in [-0.4, -0.2) is 13.2 Å². The monoisotopic (exact) mass is 417 g/mol. The molecule has 158 valence electrons. The maximum atomic E-state index is 6.34. The third-order valence-electron chi connectivity index (χ3n) is 7.30. The van der Waals surface area contributed by atoms with Crippen molar-refractivity contribution >= 4 is 5.69 Å². The Morgan fingerprint density at radius 2 is 1.31 bits per heavy atom. The van der Waals surface area contributed by atoms with Crippen molar-refractivity contribution < 1.29 is 4.74 Å². The number of hydrogen-bond donors (Lipinski definition) is 0. The molecule has 4 aromatic carbocycles. The highest BCUT2D eigenvalue weighted by Gasteiger charge is 2.51. The van der Waals surface area contributed by atoms with E-state index in [0.717, 1.165) is 12.3 Å². The lowest BCUT2D eigenvalue weighted by atomic mass is 9.77. The number of para-hydroxylation sites is 1. The second-order valence-electron chi connectivity index (χ2n) is 9.17. The number of anilines is 1. The molecule has 2 heteroatoms. The topological polar surface area (TPSA) is 12.5 Å². The van der Waals surface area contributed by atoms with Gasteiger partial charge in [0.1, 0.15) is 12.4 Å². The first-order valence-electron chi connectivity index (χ1n) is 11.4. The molecule has 2 aliphatic rings. The fourth-order valence-corrected chi connectivity index (χ4v) is 5.56. The number of fused-ring (bicyclic) bond motifs is 4. The summed E-state index contributed by atoms with van der Waals surface area (Å²) in [4.78, 5) is 2.59. The third-order valence-corrected chi connectivity index (χ3v) is 7.30. The highest BCUT2D eigenvalue weighted by atomic mass is 16.5. The zero-order chi connectivity index (χ0) is 21.7. The van der Waals surface area contributed by atoms with Crippen molar-refractivity contribution in [3.63, 3.8) is 0 Å². The molecule has 0 N–H and O–H groups in total. The summed E-state index contributed by atoms with van der Waals surface area (Å²) < 4.78 is 6.34. The summed E-state index contributed by atoms with van der Waals surface area (Å²) in [5, 5.41) is 0. The number of aryl methyl sites for hydroxylation is 2. The van der Waals surface area contributed by atoms with E-state index in [4.69, 9.17) is 4.74 Å². The van der Waals surface area contributed by atoms with Crippen molar-refractivity contribution in [3.05, 3.63) is 130 Å². The van der Waals surface area contributed by atoms with Gasteiger partial charge in [-0.15, -0.1) is 0 Å². The molecule has 1 atom stereocenters. The third kappa shape index (κ3) is 2.79. The largest absolute Gasteiger partial charge is 0.492 e.